The Hall–Kier alpha value is -3.26. The first-order valence-electron chi connectivity index (χ1n) is 9.09. The molecule has 2 aromatic carbocycles. The van der Waals surface area contributed by atoms with Crippen molar-refractivity contribution in [2.45, 2.75) is 20.4 Å². The van der Waals surface area contributed by atoms with Crippen molar-refractivity contribution in [1.82, 2.24) is 15.2 Å². The second kappa shape index (κ2) is 9.79. The highest BCUT2D eigenvalue weighted by atomic mass is 35.5. The molecular formula is C20H22ClN5O3. The maximum Gasteiger partial charge on any atom is 0.262 e. The molecule has 29 heavy (non-hydrogen) atoms. The number of ether oxygens (including phenoxy) is 2. The van der Waals surface area contributed by atoms with E-state index in [2.05, 4.69) is 25.8 Å². The van der Waals surface area contributed by atoms with Gasteiger partial charge in [0.25, 0.3) is 5.91 Å². The topological polar surface area (TPSA) is 101 Å². The van der Waals surface area contributed by atoms with Gasteiger partial charge in [-0.1, -0.05) is 29.3 Å². The number of carbonyl (C=O) groups excluding carboxylic acids is 1. The van der Waals surface area contributed by atoms with Gasteiger partial charge >= 0.3 is 0 Å². The van der Waals surface area contributed by atoms with Crippen molar-refractivity contribution in [3.8, 4) is 11.5 Å². The minimum atomic E-state index is -0.275. The van der Waals surface area contributed by atoms with Crippen molar-refractivity contribution in [3.05, 3.63) is 58.9 Å². The number of nitrogens with zero attached hydrogens (tertiary/aromatic N) is 2. The predicted molar refractivity (Wildman–Crippen MR) is 112 cm³/mol. The molecule has 0 aliphatic carbocycles. The standard InChI is InChI=1S/C20H22ClN5O3/c1-3-28-17-8-14(10-22-20-23-12-24-26-20)16(21)9-18(17)29-11-19(27)25-15-6-4-13(2)5-7-15/h4-9,12H,3,10-11H2,1-2H3,(H,25,27)(H2,22,23,24,26). The summed E-state index contributed by atoms with van der Waals surface area (Å²) in [6.45, 7) is 4.55. The van der Waals surface area contributed by atoms with Crippen molar-refractivity contribution < 1.29 is 14.3 Å². The summed E-state index contributed by atoms with van der Waals surface area (Å²) in [6.07, 6.45) is 1.41. The number of hydrogen-bond donors (Lipinski definition) is 3. The first-order valence-corrected chi connectivity index (χ1v) is 9.46. The quantitative estimate of drug-likeness (QED) is 0.491. The number of carbonyl (C=O) groups is 1. The Balaban J connectivity index is 1.64. The van der Waals surface area contributed by atoms with Crippen LogP contribution in [0.5, 0.6) is 11.5 Å². The van der Waals surface area contributed by atoms with E-state index in [1.54, 1.807) is 12.1 Å². The monoisotopic (exact) mass is 415 g/mol. The molecule has 0 unspecified atom stereocenters. The molecular weight excluding hydrogens is 394 g/mol. The molecule has 1 aromatic heterocycles. The summed E-state index contributed by atoms with van der Waals surface area (Å²) in [6, 6.07) is 11.0. The van der Waals surface area contributed by atoms with Gasteiger partial charge < -0.3 is 20.1 Å². The van der Waals surface area contributed by atoms with Crippen LogP contribution in [0.15, 0.2) is 42.7 Å². The van der Waals surface area contributed by atoms with Crippen molar-refractivity contribution in [2.75, 3.05) is 23.8 Å². The Kier molecular flexibility index (Phi) is 6.91. The zero-order chi connectivity index (χ0) is 20.6. The lowest BCUT2D eigenvalue weighted by atomic mass is 10.2. The number of benzene rings is 2. The van der Waals surface area contributed by atoms with Crippen molar-refractivity contribution in [2.24, 2.45) is 0 Å². The van der Waals surface area contributed by atoms with Gasteiger partial charge in [0.1, 0.15) is 6.33 Å². The van der Waals surface area contributed by atoms with E-state index >= 15 is 0 Å². The van der Waals surface area contributed by atoms with Crippen LogP contribution >= 0.6 is 11.6 Å². The van der Waals surface area contributed by atoms with Crippen LogP contribution in [-0.4, -0.2) is 34.3 Å². The van der Waals surface area contributed by atoms with Crippen LogP contribution in [0.25, 0.3) is 0 Å². The highest BCUT2D eigenvalue weighted by molar-refractivity contribution is 6.31. The SMILES string of the molecule is CCOc1cc(CNc2ncn[nH]2)c(Cl)cc1OCC(=O)Nc1ccc(C)cc1. The van der Waals surface area contributed by atoms with Crippen LogP contribution in [0.3, 0.4) is 0 Å². The number of rotatable bonds is 9. The molecule has 0 aliphatic heterocycles. The molecule has 0 spiro atoms. The molecule has 8 nitrogen and oxygen atoms in total. The molecule has 9 heteroatoms. The lowest BCUT2D eigenvalue weighted by Crippen LogP contribution is -2.20. The molecule has 3 rings (SSSR count). The van der Waals surface area contributed by atoms with Gasteiger partial charge in [0.15, 0.2) is 18.1 Å². The Morgan fingerprint density at radius 2 is 1.93 bits per heavy atom. The molecule has 152 valence electrons. The van der Waals surface area contributed by atoms with Crippen LogP contribution in [0.1, 0.15) is 18.1 Å². The maximum absolute atomic E-state index is 12.2. The molecule has 1 amide bonds. The number of amides is 1. The van der Waals surface area contributed by atoms with E-state index in [1.807, 2.05) is 38.1 Å². The number of hydrogen-bond acceptors (Lipinski definition) is 6. The van der Waals surface area contributed by atoms with Gasteiger partial charge in [0, 0.05) is 23.3 Å². The average molecular weight is 416 g/mol. The van der Waals surface area contributed by atoms with E-state index in [0.717, 1.165) is 11.1 Å². The Labute approximate surface area is 173 Å². The third kappa shape index (κ3) is 5.86. The van der Waals surface area contributed by atoms with Gasteiger partial charge in [-0.3, -0.25) is 4.79 Å². The zero-order valence-electron chi connectivity index (χ0n) is 16.2. The van der Waals surface area contributed by atoms with Gasteiger partial charge in [-0.25, -0.2) is 10.1 Å². The average Bonchev–Trinajstić information content (AvgIpc) is 3.22. The fourth-order valence-corrected chi connectivity index (χ4v) is 2.76. The number of aromatic nitrogens is 3. The predicted octanol–water partition coefficient (Wildman–Crippen LogP) is 3.79. The van der Waals surface area contributed by atoms with Crippen molar-refractivity contribution in [3.63, 3.8) is 0 Å². The molecule has 0 saturated heterocycles. The van der Waals surface area contributed by atoms with E-state index in [-0.39, 0.29) is 12.5 Å². The van der Waals surface area contributed by atoms with Gasteiger partial charge in [0.2, 0.25) is 5.95 Å². The van der Waals surface area contributed by atoms with Gasteiger partial charge in [-0.2, -0.15) is 5.10 Å². The molecule has 0 fully saturated rings. The summed E-state index contributed by atoms with van der Waals surface area (Å²) in [7, 11) is 0. The van der Waals surface area contributed by atoms with Crippen LogP contribution in [0.4, 0.5) is 11.6 Å². The van der Waals surface area contributed by atoms with E-state index in [1.165, 1.54) is 6.33 Å². The van der Waals surface area contributed by atoms with Gasteiger partial charge in [0.05, 0.1) is 6.61 Å². The molecule has 0 radical (unpaired) electrons. The highest BCUT2D eigenvalue weighted by Crippen LogP contribution is 2.34. The second-order valence-corrected chi connectivity index (χ2v) is 6.62. The second-order valence-electron chi connectivity index (χ2n) is 6.21. The number of aromatic amines is 1. The molecule has 3 aromatic rings. The lowest BCUT2D eigenvalue weighted by Gasteiger charge is -2.15. The molecule has 0 saturated carbocycles. The van der Waals surface area contributed by atoms with E-state index in [9.17, 15) is 4.79 Å². The third-order valence-corrected chi connectivity index (χ3v) is 4.32. The van der Waals surface area contributed by atoms with Crippen LogP contribution in [0.2, 0.25) is 5.02 Å². The van der Waals surface area contributed by atoms with E-state index in [4.69, 9.17) is 21.1 Å². The molecule has 0 bridgehead atoms. The van der Waals surface area contributed by atoms with E-state index < -0.39 is 0 Å². The summed E-state index contributed by atoms with van der Waals surface area (Å²) < 4.78 is 11.3. The van der Waals surface area contributed by atoms with Gasteiger partial charge in [-0.15, -0.1) is 0 Å². The third-order valence-electron chi connectivity index (χ3n) is 3.97. The van der Waals surface area contributed by atoms with Crippen LogP contribution < -0.4 is 20.1 Å². The normalized spacial score (nSPS) is 10.4. The van der Waals surface area contributed by atoms with Crippen molar-refractivity contribution >= 4 is 29.1 Å². The summed E-state index contributed by atoms with van der Waals surface area (Å²) in [5.41, 5.74) is 2.62. The Morgan fingerprint density at radius 1 is 1.17 bits per heavy atom. The summed E-state index contributed by atoms with van der Waals surface area (Å²) in [4.78, 5) is 16.2. The molecule has 3 N–H and O–H groups in total. The first kappa shape index (κ1) is 20.5. The number of aryl methyl sites for hydroxylation is 1. The lowest BCUT2D eigenvalue weighted by molar-refractivity contribution is -0.118. The van der Waals surface area contributed by atoms with Gasteiger partial charge in [-0.05, 0) is 37.6 Å². The van der Waals surface area contributed by atoms with E-state index in [0.29, 0.717) is 41.3 Å². The molecule has 0 aliphatic rings. The summed E-state index contributed by atoms with van der Waals surface area (Å²) in [5, 5.41) is 12.8. The fourth-order valence-electron chi connectivity index (χ4n) is 2.54. The molecule has 1 heterocycles. The largest absolute Gasteiger partial charge is 0.490 e. The zero-order valence-corrected chi connectivity index (χ0v) is 16.9. The number of H-pyrrole nitrogens is 1. The Morgan fingerprint density at radius 3 is 2.62 bits per heavy atom. The summed E-state index contributed by atoms with van der Waals surface area (Å²) in [5.74, 6) is 1.17. The molecule has 0 atom stereocenters. The van der Waals surface area contributed by atoms with Crippen molar-refractivity contribution in [1.29, 1.82) is 0 Å². The number of halogens is 1. The minimum Gasteiger partial charge on any atom is -0.490 e. The Bertz CT molecular complexity index is 946. The van der Waals surface area contributed by atoms with Crippen LogP contribution in [-0.2, 0) is 11.3 Å². The minimum absolute atomic E-state index is 0.167. The smallest absolute Gasteiger partial charge is 0.262 e. The van der Waals surface area contributed by atoms with Crippen LogP contribution in [0, 0.1) is 6.92 Å². The summed E-state index contributed by atoms with van der Waals surface area (Å²) >= 11 is 6.38. The maximum atomic E-state index is 12.2. The number of anilines is 2. The number of nitrogens with one attached hydrogen (secondary N) is 3. The fraction of sp³-hybridized carbons (Fsp3) is 0.250. The first-order chi connectivity index (χ1) is 14.0. The highest BCUT2D eigenvalue weighted by Gasteiger charge is 2.13.